The van der Waals surface area contributed by atoms with Crippen LogP contribution in [-0.4, -0.2) is 11.2 Å². The summed E-state index contributed by atoms with van der Waals surface area (Å²) in [6, 6.07) is 15.7. The molecule has 0 bridgehead atoms. The summed E-state index contributed by atoms with van der Waals surface area (Å²) in [7, 11) is 0. The molecule has 2 heteroatoms. The molecule has 0 spiro atoms. The second-order valence-electron chi connectivity index (χ2n) is 4.65. The third-order valence-corrected chi connectivity index (χ3v) is 3.36. The SMILES string of the molecule is Cc1cccc(CCC(=O)c2ccc(C=S)cc2)c1. The lowest BCUT2D eigenvalue weighted by Gasteiger charge is -2.03. The largest absolute Gasteiger partial charge is 0.294 e. The number of hydrogen-bond acceptors (Lipinski definition) is 2. The van der Waals surface area contributed by atoms with Crippen LogP contribution in [0.2, 0.25) is 0 Å². The van der Waals surface area contributed by atoms with E-state index in [2.05, 4.69) is 25.1 Å². The normalized spacial score (nSPS) is 10.2. The van der Waals surface area contributed by atoms with Crippen molar-refractivity contribution in [3.8, 4) is 0 Å². The van der Waals surface area contributed by atoms with E-state index in [1.54, 1.807) is 5.37 Å². The van der Waals surface area contributed by atoms with Gasteiger partial charge in [-0.05, 0) is 24.5 Å². The number of ketones is 1. The standard InChI is InChI=1S/C17H16OS/c1-13-3-2-4-14(11-13)7-10-17(18)16-8-5-15(12-19)6-9-16/h2-6,8-9,11-12H,7,10H2,1H3. The van der Waals surface area contributed by atoms with E-state index in [1.807, 2.05) is 30.3 Å². The Morgan fingerprint density at radius 1 is 1.16 bits per heavy atom. The van der Waals surface area contributed by atoms with Crippen LogP contribution < -0.4 is 0 Å². The Bertz CT molecular complexity index is 584. The van der Waals surface area contributed by atoms with E-state index in [1.165, 1.54) is 11.1 Å². The average molecular weight is 268 g/mol. The Kier molecular flexibility index (Phi) is 4.58. The molecule has 0 saturated heterocycles. The zero-order valence-corrected chi connectivity index (χ0v) is 11.7. The fraction of sp³-hybridized carbons (Fsp3) is 0.176. The van der Waals surface area contributed by atoms with Crippen LogP contribution in [0.3, 0.4) is 0 Å². The second kappa shape index (κ2) is 6.39. The number of carbonyl (C=O) groups excluding carboxylic acids is 1. The Labute approximate surface area is 119 Å². The molecule has 0 aliphatic carbocycles. The molecule has 1 nitrogen and oxygen atoms in total. The Balaban J connectivity index is 1.99. The molecule has 2 aromatic carbocycles. The van der Waals surface area contributed by atoms with Crippen molar-refractivity contribution in [1.82, 2.24) is 0 Å². The van der Waals surface area contributed by atoms with Gasteiger partial charge in [-0.15, -0.1) is 0 Å². The van der Waals surface area contributed by atoms with Gasteiger partial charge in [-0.2, -0.15) is 0 Å². The minimum absolute atomic E-state index is 0.178. The number of thiocarbonyl (C=S) groups is 1. The molecule has 0 N–H and O–H groups in total. The highest BCUT2D eigenvalue weighted by Crippen LogP contribution is 2.11. The van der Waals surface area contributed by atoms with Crippen LogP contribution in [-0.2, 0) is 6.42 Å². The van der Waals surface area contributed by atoms with Crippen LogP contribution in [0, 0.1) is 6.92 Å². The van der Waals surface area contributed by atoms with Crippen LogP contribution in [0.25, 0.3) is 0 Å². The van der Waals surface area contributed by atoms with E-state index in [9.17, 15) is 4.79 Å². The topological polar surface area (TPSA) is 17.1 Å². The van der Waals surface area contributed by atoms with Gasteiger partial charge in [0.15, 0.2) is 5.78 Å². The average Bonchev–Trinajstić information content (AvgIpc) is 2.45. The molecule has 0 amide bonds. The maximum atomic E-state index is 12.1. The van der Waals surface area contributed by atoms with Crippen molar-refractivity contribution in [1.29, 1.82) is 0 Å². The van der Waals surface area contributed by atoms with Crippen molar-refractivity contribution in [2.45, 2.75) is 19.8 Å². The monoisotopic (exact) mass is 268 g/mol. The molecular weight excluding hydrogens is 252 g/mol. The van der Waals surface area contributed by atoms with Crippen molar-refractivity contribution < 1.29 is 4.79 Å². The number of carbonyl (C=O) groups is 1. The molecule has 0 aromatic heterocycles. The Morgan fingerprint density at radius 2 is 1.89 bits per heavy atom. The highest BCUT2D eigenvalue weighted by Gasteiger charge is 2.06. The molecule has 0 saturated carbocycles. The van der Waals surface area contributed by atoms with Gasteiger partial charge in [-0.3, -0.25) is 4.79 Å². The Hall–Kier alpha value is -1.80. The van der Waals surface area contributed by atoms with Crippen LogP contribution in [0.5, 0.6) is 0 Å². The van der Waals surface area contributed by atoms with E-state index >= 15 is 0 Å². The summed E-state index contributed by atoms with van der Waals surface area (Å²) in [5, 5.41) is 1.61. The quantitative estimate of drug-likeness (QED) is 0.598. The smallest absolute Gasteiger partial charge is 0.163 e. The molecule has 0 fully saturated rings. The predicted octanol–water partition coefficient (Wildman–Crippen LogP) is 4.16. The fourth-order valence-corrected chi connectivity index (χ4v) is 2.17. The molecule has 0 atom stereocenters. The van der Waals surface area contributed by atoms with Gasteiger partial charge in [-0.25, -0.2) is 0 Å². The maximum absolute atomic E-state index is 12.1. The van der Waals surface area contributed by atoms with Gasteiger partial charge in [0, 0.05) is 17.4 Å². The zero-order chi connectivity index (χ0) is 13.7. The van der Waals surface area contributed by atoms with Crippen molar-refractivity contribution >= 4 is 23.4 Å². The summed E-state index contributed by atoms with van der Waals surface area (Å²) in [4.78, 5) is 12.1. The summed E-state index contributed by atoms with van der Waals surface area (Å²) in [5.74, 6) is 0.178. The molecule has 0 heterocycles. The molecular formula is C17H16OS. The van der Waals surface area contributed by atoms with E-state index < -0.39 is 0 Å². The summed E-state index contributed by atoms with van der Waals surface area (Å²) in [5.41, 5.74) is 4.16. The molecule has 19 heavy (non-hydrogen) atoms. The first-order valence-corrected chi connectivity index (χ1v) is 6.80. The van der Waals surface area contributed by atoms with Gasteiger partial charge in [0.05, 0.1) is 0 Å². The molecule has 2 rings (SSSR count). The van der Waals surface area contributed by atoms with Crippen molar-refractivity contribution in [3.05, 3.63) is 70.8 Å². The van der Waals surface area contributed by atoms with Gasteiger partial charge in [-0.1, -0.05) is 66.3 Å². The zero-order valence-electron chi connectivity index (χ0n) is 10.9. The van der Waals surface area contributed by atoms with Crippen LogP contribution in [0.4, 0.5) is 0 Å². The molecule has 96 valence electrons. The van der Waals surface area contributed by atoms with Gasteiger partial charge >= 0.3 is 0 Å². The number of benzene rings is 2. The van der Waals surface area contributed by atoms with E-state index in [4.69, 9.17) is 12.2 Å². The fourth-order valence-electron chi connectivity index (χ4n) is 2.02. The molecule has 0 aliphatic rings. The van der Waals surface area contributed by atoms with E-state index in [-0.39, 0.29) is 5.78 Å². The highest BCUT2D eigenvalue weighted by atomic mass is 32.1. The van der Waals surface area contributed by atoms with Gasteiger partial charge in [0.1, 0.15) is 0 Å². The van der Waals surface area contributed by atoms with E-state index in [0.717, 1.165) is 17.5 Å². The number of aryl methyl sites for hydroxylation is 2. The van der Waals surface area contributed by atoms with Crippen molar-refractivity contribution in [2.24, 2.45) is 0 Å². The van der Waals surface area contributed by atoms with E-state index in [0.29, 0.717) is 6.42 Å². The van der Waals surface area contributed by atoms with Crippen molar-refractivity contribution in [2.75, 3.05) is 0 Å². The first-order chi connectivity index (χ1) is 9.19. The lowest BCUT2D eigenvalue weighted by Crippen LogP contribution is -2.01. The van der Waals surface area contributed by atoms with Crippen LogP contribution in [0.1, 0.15) is 33.5 Å². The first kappa shape index (κ1) is 13.6. The van der Waals surface area contributed by atoms with Gasteiger partial charge in [0.25, 0.3) is 0 Å². The van der Waals surface area contributed by atoms with Crippen molar-refractivity contribution in [3.63, 3.8) is 0 Å². The summed E-state index contributed by atoms with van der Waals surface area (Å²) >= 11 is 4.84. The number of hydrogen-bond donors (Lipinski definition) is 0. The number of rotatable bonds is 5. The lowest BCUT2D eigenvalue weighted by molar-refractivity contribution is 0.0983. The van der Waals surface area contributed by atoms with Crippen LogP contribution in [0.15, 0.2) is 48.5 Å². The third kappa shape index (κ3) is 3.83. The predicted molar refractivity (Wildman–Crippen MR) is 83.0 cm³/mol. The molecule has 0 aliphatic heterocycles. The number of Topliss-reactive ketones (excluding diaryl/α,β-unsaturated/α-hetero) is 1. The highest BCUT2D eigenvalue weighted by molar-refractivity contribution is 7.79. The minimum atomic E-state index is 0.178. The molecule has 0 unspecified atom stereocenters. The second-order valence-corrected chi connectivity index (χ2v) is 4.89. The van der Waals surface area contributed by atoms with Gasteiger partial charge in [0.2, 0.25) is 0 Å². The summed E-state index contributed by atoms with van der Waals surface area (Å²) in [6.45, 7) is 2.06. The maximum Gasteiger partial charge on any atom is 0.163 e. The Morgan fingerprint density at radius 3 is 2.53 bits per heavy atom. The lowest BCUT2D eigenvalue weighted by atomic mass is 10.0. The van der Waals surface area contributed by atoms with Crippen LogP contribution >= 0.6 is 12.2 Å². The summed E-state index contributed by atoms with van der Waals surface area (Å²) in [6.07, 6.45) is 1.33. The molecule has 0 radical (unpaired) electrons. The van der Waals surface area contributed by atoms with Gasteiger partial charge < -0.3 is 0 Å². The molecule has 2 aromatic rings. The minimum Gasteiger partial charge on any atom is -0.294 e. The first-order valence-electron chi connectivity index (χ1n) is 6.33. The summed E-state index contributed by atoms with van der Waals surface area (Å²) < 4.78 is 0. The third-order valence-electron chi connectivity index (χ3n) is 3.09.